The second kappa shape index (κ2) is 6.17. The van der Waals surface area contributed by atoms with E-state index in [1.165, 1.54) is 18.3 Å². The van der Waals surface area contributed by atoms with Crippen LogP contribution in [-0.4, -0.2) is 22.0 Å². The molecule has 2 aromatic rings. The van der Waals surface area contributed by atoms with E-state index >= 15 is 0 Å². The number of carbonyl (C=O) groups is 2. The Balaban J connectivity index is 2.08. The standard InChI is InChI=1S/C16H16N2O3/c1-10(2)11-3-5-12(6-4-11)15(19)18-14-8-7-13(9-17-14)16(20)21/h3-10H,1-2H3,(H,20,21)(H,17,18,19). The number of hydrogen-bond donors (Lipinski definition) is 2. The van der Waals surface area contributed by atoms with Crippen molar-refractivity contribution in [1.82, 2.24) is 4.98 Å². The fraction of sp³-hybridized carbons (Fsp3) is 0.188. The molecule has 0 aliphatic rings. The van der Waals surface area contributed by atoms with Gasteiger partial charge in [0.15, 0.2) is 0 Å². The van der Waals surface area contributed by atoms with Crippen LogP contribution in [0.5, 0.6) is 0 Å². The minimum Gasteiger partial charge on any atom is -0.478 e. The lowest BCUT2D eigenvalue weighted by Gasteiger charge is -2.07. The molecular formula is C16H16N2O3. The number of aromatic carboxylic acids is 1. The number of hydrogen-bond acceptors (Lipinski definition) is 3. The van der Waals surface area contributed by atoms with Crippen molar-refractivity contribution in [2.75, 3.05) is 5.32 Å². The summed E-state index contributed by atoms with van der Waals surface area (Å²) < 4.78 is 0. The van der Waals surface area contributed by atoms with E-state index in [0.29, 0.717) is 17.3 Å². The number of carboxylic acid groups (broad SMARTS) is 1. The molecule has 0 saturated carbocycles. The maximum Gasteiger partial charge on any atom is 0.337 e. The lowest BCUT2D eigenvalue weighted by Crippen LogP contribution is -2.13. The zero-order chi connectivity index (χ0) is 15.4. The van der Waals surface area contributed by atoms with Gasteiger partial charge in [-0.2, -0.15) is 0 Å². The number of aromatic nitrogens is 1. The van der Waals surface area contributed by atoms with Crippen LogP contribution in [0.3, 0.4) is 0 Å². The monoisotopic (exact) mass is 284 g/mol. The highest BCUT2D eigenvalue weighted by molar-refractivity contribution is 6.03. The largest absolute Gasteiger partial charge is 0.478 e. The SMILES string of the molecule is CC(C)c1ccc(C(=O)Nc2ccc(C(=O)O)cn2)cc1. The van der Waals surface area contributed by atoms with E-state index in [4.69, 9.17) is 5.11 Å². The molecule has 21 heavy (non-hydrogen) atoms. The molecule has 2 N–H and O–H groups in total. The number of nitrogens with one attached hydrogen (secondary N) is 1. The van der Waals surface area contributed by atoms with Crippen molar-refractivity contribution in [1.29, 1.82) is 0 Å². The van der Waals surface area contributed by atoms with Crippen LogP contribution < -0.4 is 5.32 Å². The topological polar surface area (TPSA) is 79.3 Å². The van der Waals surface area contributed by atoms with Crippen LogP contribution in [0.4, 0.5) is 5.82 Å². The van der Waals surface area contributed by atoms with Crippen molar-refractivity contribution in [3.63, 3.8) is 0 Å². The summed E-state index contributed by atoms with van der Waals surface area (Å²) in [6.07, 6.45) is 1.21. The Bertz CT molecular complexity index is 646. The molecule has 0 saturated heterocycles. The normalized spacial score (nSPS) is 10.4. The van der Waals surface area contributed by atoms with E-state index in [1.54, 1.807) is 12.1 Å². The number of rotatable bonds is 4. The van der Waals surface area contributed by atoms with Gasteiger partial charge in [-0.05, 0) is 35.7 Å². The fourth-order valence-electron chi connectivity index (χ4n) is 1.80. The number of anilines is 1. The minimum atomic E-state index is -1.05. The van der Waals surface area contributed by atoms with Crippen molar-refractivity contribution < 1.29 is 14.7 Å². The van der Waals surface area contributed by atoms with Gasteiger partial charge >= 0.3 is 5.97 Å². The Kier molecular flexibility index (Phi) is 4.33. The summed E-state index contributed by atoms with van der Waals surface area (Å²) >= 11 is 0. The number of carboxylic acids is 1. The lowest BCUT2D eigenvalue weighted by molar-refractivity contribution is 0.0696. The van der Waals surface area contributed by atoms with Gasteiger partial charge in [0.1, 0.15) is 5.82 Å². The average Bonchev–Trinajstić information content (AvgIpc) is 2.47. The molecule has 1 aromatic carbocycles. The summed E-state index contributed by atoms with van der Waals surface area (Å²) in [6, 6.07) is 10.2. The highest BCUT2D eigenvalue weighted by Crippen LogP contribution is 2.15. The maximum atomic E-state index is 12.0. The van der Waals surface area contributed by atoms with E-state index in [-0.39, 0.29) is 11.5 Å². The van der Waals surface area contributed by atoms with E-state index in [9.17, 15) is 9.59 Å². The van der Waals surface area contributed by atoms with Crippen LogP contribution in [0.1, 0.15) is 46.0 Å². The average molecular weight is 284 g/mol. The Morgan fingerprint density at radius 1 is 1.05 bits per heavy atom. The van der Waals surface area contributed by atoms with E-state index in [1.807, 2.05) is 12.1 Å². The number of amides is 1. The highest BCUT2D eigenvalue weighted by Gasteiger charge is 2.09. The molecular weight excluding hydrogens is 268 g/mol. The third-order valence-electron chi connectivity index (χ3n) is 3.09. The van der Waals surface area contributed by atoms with Crippen molar-refractivity contribution in [2.45, 2.75) is 19.8 Å². The van der Waals surface area contributed by atoms with Crippen LogP contribution in [0.15, 0.2) is 42.6 Å². The van der Waals surface area contributed by atoms with Gasteiger partial charge in [-0.1, -0.05) is 26.0 Å². The first-order chi connectivity index (χ1) is 9.97. The summed E-state index contributed by atoms with van der Waals surface area (Å²) in [7, 11) is 0. The molecule has 0 atom stereocenters. The van der Waals surface area contributed by atoms with Gasteiger partial charge < -0.3 is 10.4 Å². The zero-order valence-electron chi connectivity index (χ0n) is 11.8. The van der Waals surface area contributed by atoms with Crippen LogP contribution in [0.2, 0.25) is 0 Å². The van der Waals surface area contributed by atoms with Gasteiger partial charge in [0.05, 0.1) is 5.56 Å². The van der Waals surface area contributed by atoms with Gasteiger partial charge in [-0.25, -0.2) is 9.78 Å². The molecule has 5 nitrogen and oxygen atoms in total. The number of pyridine rings is 1. The van der Waals surface area contributed by atoms with E-state index in [2.05, 4.69) is 24.1 Å². The van der Waals surface area contributed by atoms with Crippen LogP contribution >= 0.6 is 0 Å². The summed E-state index contributed by atoms with van der Waals surface area (Å²) in [5, 5.41) is 11.4. The maximum absolute atomic E-state index is 12.0. The van der Waals surface area contributed by atoms with Crippen molar-refractivity contribution in [3.8, 4) is 0 Å². The quantitative estimate of drug-likeness (QED) is 0.903. The van der Waals surface area contributed by atoms with Crippen LogP contribution in [0, 0.1) is 0 Å². The molecule has 108 valence electrons. The van der Waals surface area contributed by atoms with E-state index in [0.717, 1.165) is 5.56 Å². The first kappa shape index (κ1) is 14.7. The number of benzene rings is 1. The first-order valence-electron chi connectivity index (χ1n) is 6.58. The van der Waals surface area contributed by atoms with Crippen LogP contribution in [0.25, 0.3) is 0 Å². The Labute approximate surface area is 122 Å². The summed E-state index contributed by atoms with van der Waals surface area (Å²) in [6.45, 7) is 4.17. The van der Waals surface area contributed by atoms with Crippen LogP contribution in [-0.2, 0) is 0 Å². The molecule has 2 rings (SSSR count). The number of nitrogens with zero attached hydrogens (tertiary/aromatic N) is 1. The Morgan fingerprint density at radius 2 is 1.67 bits per heavy atom. The third-order valence-corrected chi connectivity index (χ3v) is 3.09. The predicted molar refractivity (Wildman–Crippen MR) is 79.7 cm³/mol. The predicted octanol–water partition coefficient (Wildman–Crippen LogP) is 3.16. The van der Waals surface area contributed by atoms with Crippen molar-refractivity contribution in [3.05, 3.63) is 59.3 Å². The van der Waals surface area contributed by atoms with Crippen molar-refractivity contribution >= 4 is 17.7 Å². The third kappa shape index (κ3) is 3.66. The molecule has 5 heteroatoms. The molecule has 0 spiro atoms. The molecule has 0 aliphatic carbocycles. The van der Waals surface area contributed by atoms with E-state index < -0.39 is 5.97 Å². The molecule has 0 aliphatic heterocycles. The molecule has 0 radical (unpaired) electrons. The molecule has 0 fully saturated rings. The number of carbonyl (C=O) groups excluding carboxylic acids is 1. The van der Waals surface area contributed by atoms with Gasteiger partial charge in [-0.15, -0.1) is 0 Å². The summed E-state index contributed by atoms with van der Waals surface area (Å²) in [5.41, 5.74) is 1.77. The molecule has 0 unspecified atom stereocenters. The molecule has 1 aromatic heterocycles. The smallest absolute Gasteiger partial charge is 0.337 e. The first-order valence-corrected chi connectivity index (χ1v) is 6.58. The minimum absolute atomic E-state index is 0.0780. The van der Waals surface area contributed by atoms with Crippen molar-refractivity contribution in [2.24, 2.45) is 0 Å². The molecule has 1 heterocycles. The fourth-order valence-corrected chi connectivity index (χ4v) is 1.80. The second-order valence-corrected chi connectivity index (χ2v) is 4.97. The lowest BCUT2D eigenvalue weighted by atomic mass is 10.0. The van der Waals surface area contributed by atoms with Gasteiger partial charge in [0.2, 0.25) is 0 Å². The Hall–Kier alpha value is -2.69. The summed E-state index contributed by atoms with van der Waals surface area (Å²) in [5.74, 6) is -0.601. The zero-order valence-corrected chi connectivity index (χ0v) is 11.8. The molecule has 0 bridgehead atoms. The summed E-state index contributed by atoms with van der Waals surface area (Å²) in [4.78, 5) is 26.7. The van der Waals surface area contributed by atoms with Gasteiger partial charge in [0.25, 0.3) is 5.91 Å². The highest BCUT2D eigenvalue weighted by atomic mass is 16.4. The van der Waals surface area contributed by atoms with Gasteiger partial charge in [0, 0.05) is 11.8 Å². The Morgan fingerprint density at radius 3 is 2.14 bits per heavy atom. The molecule has 1 amide bonds. The second-order valence-electron chi connectivity index (χ2n) is 4.97. The van der Waals surface area contributed by atoms with Gasteiger partial charge in [-0.3, -0.25) is 4.79 Å².